The molecule has 5 rings (SSSR count). The van der Waals surface area contributed by atoms with Gasteiger partial charge in [0.15, 0.2) is 0 Å². The number of furan rings is 1. The predicted molar refractivity (Wildman–Crippen MR) is 127 cm³/mol. The van der Waals surface area contributed by atoms with Crippen LogP contribution in [0.4, 0.5) is 5.82 Å². The van der Waals surface area contributed by atoms with E-state index in [0.29, 0.717) is 58.3 Å². The fraction of sp³-hybridized carbons (Fsp3) is 0.273. The number of morpholine rings is 1. The summed E-state index contributed by atoms with van der Waals surface area (Å²) in [6.07, 6.45) is 4.87. The number of nitrogens with zero attached hydrogens (tertiary/aromatic N) is 4. The van der Waals surface area contributed by atoms with Crippen molar-refractivity contribution in [2.45, 2.75) is 13.5 Å². The zero-order valence-corrected chi connectivity index (χ0v) is 18.9. The fourth-order valence-electron chi connectivity index (χ4n) is 3.77. The lowest BCUT2D eigenvalue weighted by Crippen LogP contribution is -2.38. The van der Waals surface area contributed by atoms with Crippen LogP contribution in [0, 0.1) is 6.92 Å². The van der Waals surface area contributed by atoms with E-state index in [1.807, 2.05) is 24.0 Å². The van der Waals surface area contributed by atoms with E-state index in [1.54, 1.807) is 30.7 Å². The molecule has 0 aromatic carbocycles. The number of hydrogen-bond donors (Lipinski definition) is 0. The van der Waals surface area contributed by atoms with Crippen molar-refractivity contribution in [1.82, 2.24) is 14.3 Å². The number of hydrogen-bond acceptors (Lipinski definition) is 8. The van der Waals surface area contributed by atoms with E-state index in [0.717, 1.165) is 5.56 Å². The molecule has 0 unspecified atom stereocenters. The molecule has 0 spiro atoms. The monoisotopic (exact) mass is 468 g/mol. The smallest absolute Gasteiger partial charge is 0.267 e. The molecular formula is C22H20N4O4S2. The standard InChI is InChI=1S/C22H20N4O4S2/c1-14-4-2-6-25-18(14)23-19(24-7-10-29-11-8-24)16(20(25)27)12-17-21(28)26(22(31)32-17)13-15-5-3-9-30-15/h2-6,9,12H,7-8,10-11,13H2,1H3. The molecule has 2 saturated heterocycles. The summed E-state index contributed by atoms with van der Waals surface area (Å²) in [6.45, 7) is 4.52. The topological polar surface area (TPSA) is 80.3 Å². The Morgan fingerprint density at radius 1 is 1.22 bits per heavy atom. The van der Waals surface area contributed by atoms with Crippen LogP contribution in [-0.2, 0) is 16.1 Å². The number of amides is 1. The summed E-state index contributed by atoms with van der Waals surface area (Å²) >= 11 is 6.61. The van der Waals surface area contributed by atoms with Crippen LogP contribution in [0.2, 0.25) is 0 Å². The second kappa shape index (κ2) is 8.53. The highest BCUT2D eigenvalue weighted by atomic mass is 32.2. The number of pyridine rings is 1. The van der Waals surface area contributed by atoms with E-state index in [4.69, 9.17) is 26.4 Å². The Morgan fingerprint density at radius 2 is 2.03 bits per heavy atom. The second-order valence-corrected chi connectivity index (χ2v) is 9.16. The molecule has 3 aromatic rings. The quantitative estimate of drug-likeness (QED) is 0.427. The molecule has 0 radical (unpaired) electrons. The number of thiocarbonyl (C=S) groups is 1. The van der Waals surface area contributed by atoms with E-state index in [1.165, 1.54) is 21.1 Å². The molecular weight excluding hydrogens is 448 g/mol. The number of aryl methyl sites for hydroxylation is 1. The first-order valence-electron chi connectivity index (χ1n) is 10.2. The van der Waals surface area contributed by atoms with Gasteiger partial charge >= 0.3 is 0 Å². The van der Waals surface area contributed by atoms with Crippen LogP contribution < -0.4 is 10.5 Å². The molecule has 1 amide bonds. The molecule has 32 heavy (non-hydrogen) atoms. The molecule has 0 N–H and O–H groups in total. The van der Waals surface area contributed by atoms with Gasteiger partial charge in [-0.1, -0.05) is 30.0 Å². The van der Waals surface area contributed by atoms with Gasteiger partial charge in [0.05, 0.1) is 36.5 Å². The molecule has 0 atom stereocenters. The summed E-state index contributed by atoms with van der Waals surface area (Å²) in [6, 6.07) is 7.29. The van der Waals surface area contributed by atoms with Crippen LogP contribution in [0.1, 0.15) is 16.9 Å². The number of aromatic nitrogens is 2. The van der Waals surface area contributed by atoms with Crippen molar-refractivity contribution in [2.75, 3.05) is 31.2 Å². The molecule has 8 nitrogen and oxygen atoms in total. The number of carbonyl (C=O) groups excluding carboxylic acids is 1. The molecule has 2 fully saturated rings. The van der Waals surface area contributed by atoms with Crippen LogP contribution in [0.15, 0.2) is 50.8 Å². The van der Waals surface area contributed by atoms with Gasteiger partial charge in [-0.2, -0.15) is 0 Å². The number of fused-ring (bicyclic) bond motifs is 1. The van der Waals surface area contributed by atoms with Gasteiger partial charge < -0.3 is 14.1 Å². The zero-order valence-electron chi connectivity index (χ0n) is 17.3. The van der Waals surface area contributed by atoms with Crippen molar-refractivity contribution in [2.24, 2.45) is 0 Å². The van der Waals surface area contributed by atoms with Crippen LogP contribution in [0.25, 0.3) is 11.7 Å². The van der Waals surface area contributed by atoms with E-state index in [-0.39, 0.29) is 18.0 Å². The number of anilines is 1. The van der Waals surface area contributed by atoms with Crippen LogP contribution >= 0.6 is 24.0 Å². The summed E-state index contributed by atoms with van der Waals surface area (Å²) in [7, 11) is 0. The van der Waals surface area contributed by atoms with Gasteiger partial charge in [0.25, 0.3) is 11.5 Å². The lowest BCUT2D eigenvalue weighted by Gasteiger charge is -2.29. The minimum Gasteiger partial charge on any atom is -0.467 e. The average Bonchev–Trinajstić information content (AvgIpc) is 3.41. The first-order chi connectivity index (χ1) is 15.5. The van der Waals surface area contributed by atoms with E-state index < -0.39 is 0 Å². The SMILES string of the molecule is Cc1cccn2c(=O)c(C=C3SC(=S)N(Cc4ccco4)C3=O)c(N3CCOCC3)nc12. The van der Waals surface area contributed by atoms with Crippen molar-refractivity contribution in [1.29, 1.82) is 0 Å². The zero-order chi connectivity index (χ0) is 22.2. The number of ether oxygens (including phenoxy) is 1. The van der Waals surface area contributed by atoms with E-state index in [2.05, 4.69) is 0 Å². The summed E-state index contributed by atoms with van der Waals surface area (Å²) < 4.78 is 12.8. The maximum Gasteiger partial charge on any atom is 0.267 e. The van der Waals surface area contributed by atoms with Crippen molar-refractivity contribution in [3.8, 4) is 0 Å². The van der Waals surface area contributed by atoms with E-state index >= 15 is 0 Å². The predicted octanol–water partition coefficient (Wildman–Crippen LogP) is 2.83. The van der Waals surface area contributed by atoms with Crippen molar-refractivity contribution in [3.63, 3.8) is 0 Å². The Bertz CT molecular complexity index is 1290. The van der Waals surface area contributed by atoms with Crippen LogP contribution in [0.3, 0.4) is 0 Å². The van der Waals surface area contributed by atoms with Crippen molar-refractivity contribution in [3.05, 3.63) is 68.9 Å². The largest absolute Gasteiger partial charge is 0.467 e. The first kappa shape index (κ1) is 20.9. The first-order valence-corrected chi connectivity index (χ1v) is 11.4. The third-order valence-corrected chi connectivity index (χ3v) is 6.80. The Morgan fingerprint density at radius 3 is 2.78 bits per heavy atom. The highest BCUT2D eigenvalue weighted by Crippen LogP contribution is 2.34. The van der Waals surface area contributed by atoms with Gasteiger partial charge in [-0.25, -0.2) is 4.98 Å². The Hall–Kier alpha value is -2.95. The Labute approximate surface area is 193 Å². The summed E-state index contributed by atoms with van der Waals surface area (Å²) in [4.78, 5) is 35.3. The third-order valence-electron chi connectivity index (χ3n) is 5.42. The minimum absolute atomic E-state index is 0.225. The normalized spacial score (nSPS) is 18.3. The molecule has 0 bridgehead atoms. The summed E-state index contributed by atoms with van der Waals surface area (Å²) in [5, 5.41) is 0. The molecule has 2 aliphatic rings. The van der Waals surface area contributed by atoms with Crippen LogP contribution in [0.5, 0.6) is 0 Å². The Kier molecular flexibility index (Phi) is 5.58. The maximum atomic E-state index is 13.5. The third kappa shape index (κ3) is 3.74. The van der Waals surface area contributed by atoms with Gasteiger partial charge in [-0.15, -0.1) is 0 Å². The summed E-state index contributed by atoms with van der Waals surface area (Å²) in [5.41, 5.74) is 1.64. The molecule has 5 heterocycles. The highest BCUT2D eigenvalue weighted by Gasteiger charge is 2.33. The van der Waals surface area contributed by atoms with E-state index in [9.17, 15) is 9.59 Å². The summed E-state index contributed by atoms with van der Waals surface area (Å²) in [5.74, 6) is 0.946. The van der Waals surface area contributed by atoms with Crippen molar-refractivity contribution < 1.29 is 13.9 Å². The van der Waals surface area contributed by atoms with Gasteiger partial charge in [0, 0.05) is 19.3 Å². The molecule has 164 valence electrons. The molecule has 3 aromatic heterocycles. The van der Waals surface area contributed by atoms with Crippen LogP contribution in [-0.4, -0.2) is 50.8 Å². The van der Waals surface area contributed by atoms with Gasteiger partial charge in [-0.05, 0) is 36.8 Å². The lowest BCUT2D eigenvalue weighted by atomic mass is 10.2. The maximum absolute atomic E-state index is 13.5. The number of rotatable bonds is 4. The fourth-order valence-corrected chi connectivity index (χ4v) is 5.01. The number of carbonyl (C=O) groups is 1. The van der Waals surface area contributed by atoms with Gasteiger partial charge in [0.2, 0.25) is 0 Å². The molecule has 2 aliphatic heterocycles. The molecule has 0 saturated carbocycles. The molecule has 0 aliphatic carbocycles. The molecule has 10 heteroatoms. The lowest BCUT2D eigenvalue weighted by molar-refractivity contribution is -0.122. The average molecular weight is 469 g/mol. The minimum atomic E-state index is -0.252. The Balaban J connectivity index is 1.60. The van der Waals surface area contributed by atoms with Crippen molar-refractivity contribution >= 4 is 51.7 Å². The van der Waals surface area contributed by atoms with Gasteiger partial charge in [-0.3, -0.25) is 18.9 Å². The van der Waals surface area contributed by atoms with Gasteiger partial charge in [0.1, 0.15) is 21.5 Å². The number of thioether (sulfide) groups is 1. The highest BCUT2D eigenvalue weighted by molar-refractivity contribution is 8.26. The second-order valence-electron chi connectivity index (χ2n) is 7.49.